The molecule has 1 aromatic rings. The summed E-state index contributed by atoms with van der Waals surface area (Å²) in [4.78, 5) is 14.1. The molecule has 7 heteroatoms. The van der Waals surface area contributed by atoms with Gasteiger partial charge >= 0.3 is 5.97 Å². The van der Waals surface area contributed by atoms with Gasteiger partial charge in [-0.3, -0.25) is 0 Å². The molecule has 0 amide bonds. The molecule has 0 heterocycles. The predicted octanol–water partition coefficient (Wildman–Crippen LogP) is 3.50. The number of hydrogen-bond acceptors (Lipinski definition) is 4. The Kier molecular flexibility index (Phi) is 8.98. The zero-order chi connectivity index (χ0) is 14.4. The van der Waals surface area contributed by atoms with Gasteiger partial charge in [0.2, 0.25) is 0 Å². The quantitative estimate of drug-likeness (QED) is 0.635. The number of benzene rings is 1. The minimum Gasteiger partial charge on any atom is -0.461 e. The molecule has 1 aromatic carbocycles. The summed E-state index contributed by atoms with van der Waals surface area (Å²) >= 11 is 11.9. The molecular formula is C13H19Cl3N2O2. The lowest BCUT2D eigenvalue weighted by molar-refractivity contribution is 0.0467. The van der Waals surface area contributed by atoms with E-state index in [0.717, 1.165) is 13.1 Å². The fourth-order valence-electron chi connectivity index (χ4n) is 1.67. The van der Waals surface area contributed by atoms with Crippen molar-refractivity contribution in [1.29, 1.82) is 0 Å². The minimum absolute atomic E-state index is 0. The summed E-state index contributed by atoms with van der Waals surface area (Å²) in [5.74, 6) is -0.526. The van der Waals surface area contributed by atoms with Crippen molar-refractivity contribution in [3.05, 3.63) is 27.7 Å². The number of carbonyl (C=O) groups excluding carboxylic acids is 1. The van der Waals surface area contributed by atoms with Crippen LogP contribution < -0.4 is 5.73 Å². The van der Waals surface area contributed by atoms with Gasteiger partial charge in [-0.25, -0.2) is 4.79 Å². The number of anilines is 1. The molecule has 0 saturated heterocycles. The highest BCUT2D eigenvalue weighted by atomic mass is 35.5. The van der Waals surface area contributed by atoms with E-state index in [1.54, 1.807) is 0 Å². The molecule has 0 atom stereocenters. The minimum atomic E-state index is -0.526. The van der Waals surface area contributed by atoms with Gasteiger partial charge in [-0.2, -0.15) is 0 Å². The van der Waals surface area contributed by atoms with Crippen LogP contribution in [0.15, 0.2) is 12.1 Å². The highest BCUT2D eigenvalue weighted by Crippen LogP contribution is 2.28. The smallest absolute Gasteiger partial charge is 0.341 e. The summed E-state index contributed by atoms with van der Waals surface area (Å²) in [5.41, 5.74) is 6.15. The summed E-state index contributed by atoms with van der Waals surface area (Å²) in [7, 11) is 0. The summed E-state index contributed by atoms with van der Waals surface area (Å²) < 4.78 is 5.17. The maximum absolute atomic E-state index is 11.9. The van der Waals surface area contributed by atoms with E-state index in [1.165, 1.54) is 12.1 Å². The van der Waals surface area contributed by atoms with E-state index >= 15 is 0 Å². The van der Waals surface area contributed by atoms with Crippen LogP contribution in [0.25, 0.3) is 0 Å². The van der Waals surface area contributed by atoms with Crippen LogP contribution in [0.2, 0.25) is 10.0 Å². The molecule has 0 aromatic heterocycles. The summed E-state index contributed by atoms with van der Waals surface area (Å²) in [6.07, 6.45) is 0. The van der Waals surface area contributed by atoms with Gasteiger partial charge in [0.15, 0.2) is 0 Å². The number of carbonyl (C=O) groups is 1. The lowest BCUT2D eigenvalue weighted by atomic mass is 10.2. The lowest BCUT2D eigenvalue weighted by Crippen LogP contribution is -2.28. The third kappa shape index (κ3) is 5.37. The van der Waals surface area contributed by atoms with Gasteiger partial charge < -0.3 is 15.4 Å². The summed E-state index contributed by atoms with van der Waals surface area (Å²) in [6, 6.07) is 2.96. The van der Waals surface area contributed by atoms with E-state index in [9.17, 15) is 4.79 Å². The molecule has 0 radical (unpaired) electrons. The number of likely N-dealkylation sites (N-methyl/N-ethyl adjacent to an activating group) is 1. The molecule has 0 aliphatic heterocycles. The number of hydrogen-bond donors (Lipinski definition) is 1. The summed E-state index contributed by atoms with van der Waals surface area (Å²) in [5, 5.41) is 0.413. The molecule has 0 aliphatic carbocycles. The number of nitrogens with zero attached hydrogens (tertiary/aromatic N) is 1. The number of rotatable bonds is 6. The van der Waals surface area contributed by atoms with Crippen LogP contribution in [0.3, 0.4) is 0 Å². The highest BCUT2D eigenvalue weighted by molar-refractivity contribution is 6.39. The predicted molar refractivity (Wildman–Crippen MR) is 86.2 cm³/mol. The normalized spacial score (nSPS) is 10.2. The Bertz CT molecular complexity index is 428. The molecule has 20 heavy (non-hydrogen) atoms. The van der Waals surface area contributed by atoms with Crippen molar-refractivity contribution < 1.29 is 9.53 Å². The number of ether oxygens (including phenoxy) is 1. The number of nitrogens with two attached hydrogens (primary N) is 1. The van der Waals surface area contributed by atoms with Crippen LogP contribution in [0.1, 0.15) is 24.2 Å². The van der Waals surface area contributed by atoms with E-state index in [-0.39, 0.29) is 28.0 Å². The Morgan fingerprint density at radius 3 is 2.20 bits per heavy atom. The zero-order valence-corrected chi connectivity index (χ0v) is 13.8. The molecule has 0 bridgehead atoms. The SMILES string of the molecule is CCN(CC)CCOC(=O)c1c(Cl)cc(N)cc1Cl.Cl. The van der Waals surface area contributed by atoms with Gasteiger partial charge in [0.25, 0.3) is 0 Å². The summed E-state index contributed by atoms with van der Waals surface area (Å²) in [6.45, 7) is 6.92. The first-order valence-corrected chi connectivity index (χ1v) is 6.89. The molecule has 0 unspecified atom stereocenters. The third-order valence-electron chi connectivity index (χ3n) is 2.80. The van der Waals surface area contributed by atoms with E-state index < -0.39 is 5.97 Å². The number of halogens is 3. The first-order chi connectivity index (χ1) is 8.99. The van der Waals surface area contributed by atoms with Crippen molar-refractivity contribution in [3.63, 3.8) is 0 Å². The van der Waals surface area contributed by atoms with Gasteiger partial charge in [0, 0.05) is 12.2 Å². The van der Waals surface area contributed by atoms with Gasteiger partial charge in [-0.15, -0.1) is 12.4 Å². The van der Waals surface area contributed by atoms with Crippen molar-refractivity contribution in [1.82, 2.24) is 4.90 Å². The standard InChI is InChI=1S/C13H18Cl2N2O2.ClH/c1-3-17(4-2)5-6-19-13(18)12-10(14)7-9(16)8-11(12)15;/h7-8H,3-6,16H2,1-2H3;1H. The monoisotopic (exact) mass is 340 g/mol. The molecule has 0 aliphatic rings. The average Bonchev–Trinajstić information content (AvgIpc) is 2.33. The van der Waals surface area contributed by atoms with Crippen molar-refractivity contribution in [2.24, 2.45) is 0 Å². The van der Waals surface area contributed by atoms with Crippen LogP contribution in [-0.2, 0) is 4.74 Å². The van der Waals surface area contributed by atoms with Crippen molar-refractivity contribution in [2.45, 2.75) is 13.8 Å². The highest BCUT2D eigenvalue weighted by Gasteiger charge is 2.17. The van der Waals surface area contributed by atoms with Crippen LogP contribution >= 0.6 is 35.6 Å². The van der Waals surface area contributed by atoms with Crippen LogP contribution in [0.5, 0.6) is 0 Å². The maximum atomic E-state index is 11.9. The maximum Gasteiger partial charge on any atom is 0.341 e. The molecular weight excluding hydrogens is 323 g/mol. The second-order valence-electron chi connectivity index (χ2n) is 4.02. The molecule has 114 valence electrons. The van der Waals surface area contributed by atoms with Crippen LogP contribution in [0, 0.1) is 0 Å². The van der Waals surface area contributed by atoms with Gasteiger partial charge in [-0.05, 0) is 25.2 Å². The Morgan fingerprint density at radius 2 is 1.75 bits per heavy atom. The molecule has 0 spiro atoms. The molecule has 4 nitrogen and oxygen atoms in total. The fourth-order valence-corrected chi connectivity index (χ4v) is 2.33. The van der Waals surface area contributed by atoms with E-state index in [1.807, 2.05) is 0 Å². The first-order valence-electron chi connectivity index (χ1n) is 6.13. The van der Waals surface area contributed by atoms with E-state index in [2.05, 4.69) is 18.7 Å². The second kappa shape index (κ2) is 9.29. The molecule has 1 rings (SSSR count). The van der Waals surface area contributed by atoms with Gasteiger partial charge in [0.1, 0.15) is 6.61 Å². The lowest BCUT2D eigenvalue weighted by Gasteiger charge is -2.17. The van der Waals surface area contributed by atoms with Crippen LogP contribution in [0.4, 0.5) is 5.69 Å². The van der Waals surface area contributed by atoms with E-state index in [0.29, 0.717) is 18.8 Å². The van der Waals surface area contributed by atoms with E-state index in [4.69, 9.17) is 33.7 Å². The zero-order valence-electron chi connectivity index (χ0n) is 11.5. The Labute approximate surface area is 135 Å². The third-order valence-corrected chi connectivity index (χ3v) is 3.40. The van der Waals surface area contributed by atoms with Crippen LogP contribution in [-0.4, -0.2) is 37.1 Å². The topological polar surface area (TPSA) is 55.6 Å². The number of nitrogen functional groups attached to an aromatic ring is 1. The second-order valence-corrected chi connectivity index (χ2v) is 4.84. The van der Waals surface area contributed by atoms with Crippen molar-refractivity contribution in [2.75, 3.05) is 32.0 Å². The molecule has 0 fully saturated rings. The number of esters is 1. The van der Waals surface area contributed by atoms with Gasteiger partial charge in [0.05, 0.1) is 15.6 Å². The first kappa shape index (κ1) is 19.3. The van der Waals surface area contributed by atoms with Crippen molar-refractivity contribution >= 4 is 47.3 Å². The molecule has 2 N–H and O–H groups in total. The molecule has 0 saturated carbocycles. The Hall–Kier alpha value is -0.680. The average molecular weight is 342 g/mol. The van der Waals surface area contributed by atoms with Crippen molar-refractivity contribution in [3.8, 4) is 0 Å². The fraction of sp³-hybridized carbons (Fsp3) is 0.462. The Balaban J connectivity index is 0.00000361. The Morgan fingerprint density at radius 1 is 1.25 bits per heavy atom. The van der Waals surface area contributed by atoms with Gasteiger partial charge in [-0.1, -0.05) is 37.0 Å². The largest absolute Gasteiger partial charge is 0.461 e.